The third-order valence-corrected chi connectivity index (χ3v) is 3.57. The van der Waals surface area contributed by atoms with Crippen LogP contribution in [0.5, 0.6) is 0 Å². The van der Waals surface area contributed by atoms with Gasteiger partial charge in [0.2, 0.25) is 0 Å². The van der Waals surface area contributed by atoms with E-state index >= 15 is 0 Å². The topological polar surface area (TPSA) is 30.3 Å². The summed E-state index contributed by atoms with van der Waals surface area (Å²) in [7, 11) is 4.19. The highest BCUT2D eigenvalue weighted by Gasteiger charge is 2.21. The predicted molar refractivity (Wildman–Crippen MR) is 70.0 cm³/mol. The molecule has 1 heterocycles. The molecule has 96 valence electrons. The molecule has 4 heteroatoms. The van der Waals surface area contributed by atoms with Gasteiger partial charge in [-0.3, -0.25) is 0 Å². The Bertz CT molecular complexity index is 457. The standard InChI is InChI=1S/C14H18FN3/c1-17(2)13-3-5-18(6-4-13)14-8-11(10-16)7-12(15)9-14/h7-9,13H,3-6H2,1-2H3. The zero-order valence-corrected chi connectivity index (χ0v) is 10.9. The van der Waals surface area contributed by atoms with Gasteiger partial charge in [-0.25, -0.2) is 4.39 Å². The van der Waals surface area contributed by atoms with Gasteiger partial charge in [0.05, 0.1) is 11.6 Å². The molecule has 1 aromatic rings. The smallest absolute Gasteiger partial charge is 0.126 e. The summed E-state index contributed by atoms with van der Waals surface area (Å²) in [6.45, 7) is 1.83. The lowest BCUT2D eigenvalue weighted by Crippen LogP contribution is -2.42. The van der Waals surface area contributed by atoms with Crippen molar-refractivity contribution in [1.82, 2.24) is 4.90 Å². The fourth-order valence-corrected chi connectivity index (χ4v) is 2.46. The Kier molecular flexibility index (Phi) is 3.83. The largest absolute Gasteiger partial charge is 0.371 e. The second-order valence-corrected chi connectivity index (χ2v) is 4.99. The molecule has 0 radical (unpaired) electrons. The van der Waals surface area contributed by atoms with Crippen LogP contribution in [0.3, 0.4) is 0 Å². The van der Waals surface area contributed by atoms with Crippen LogP contribution in [0.4, 0.5) is 10.1 Å². The number of halogens is 1. The van der Waals surface area contributed by atoms with Crippen LogP contribution in [0.25, 0.3) is 0 Å². The van der Waals surface area contributed by atoms with Gasteiger partial charge in [0.1, 0.15) is 5.82 Å². The van der Waals surface area contributed by atoms with Crippen LogP contribution >= 0.6 is 0 Å². The Labute approximate surface area is 107 Å². The van der Waals surface area contributed by atoms with Crippen molar-refractivity contribution in [2.24, 2.45) is 0 Å². The summed E-state index contributed by atoms with van der Waals surface area (Å²) >= 11 is 0. The molecule has 2 rings (SSSR count). The minimum absolute atomic E-state index is 0.334. The average Bonchev–Trinajstić information content (AvgIpc) is 2.38. The number of nitrogens with zero attached hydrogens (tertiary/aromatic N) is 3. The maximum absolute atomic E-state index is 13.4. The van der Waals surface area contributed by atoms with Gasteiger partial charge >= 0.3 is 0 Å². The first kappa shape index (κ1) is 12.8. The van der Waals surface area contributed by atoms with E-state index in [1.54, 1.807) is 6.07 Å². The molecule has 1 fully saturated rings. The number of anilines is 1. The Morgan fingerprint density at radius 2 is 1.94 bits per heavy atom. The molecule has 1 saturated heterocycles. The molecule has 0 spiro atoms. The average molecular weight is 247 g/mol. The molecule has 0 unspecified atom stereocenters. The number of benzene rings is 1. The van der Waals surface area contributed by atoms with E-state index in [1.807, 2.05) is 6.07 Å². The van der Waals surface area contributed by atoms with E-state index in [9.17, 15) is 4.39 Å². The predicted octanol–water partition coefficient (Wildman–Crippen LogP) is 2.23. The summed E-state index contributed by atoms with van der Waals surface area (Å²) in [5.41, 5.74) is 1.21. The van der Waals surface area contributed by atoms with E-state index < -0.39 is 0 Å². The third kappa shape index (κ3) is 2.80. The molecule has 0 atom stereocenters. The highest BCUT2D eigenvalue weighted by atomic mass is 19.1. The lowest BCUT2D eigenvalue weighted by molar-refractivity contribution is 0.249. The van der Waals surface area contributed by atoms with Gasteiger partial charge in [0.15, 0.2) is 0 Å². The summed E-state index contributed by atoms with van der Waals surface area (Å²) in [5, 5.41) is 8.86. The van der Waals surface area contributed by atoms with Crippen LogP contribution in [0.1, 0.15) is 18.4 Å². The summed E-state index contributed by atoms with van der Waals surface area (Å²) in [6.07, 6.45) is 2.15. The molecule has 0 N–H and O–H groups in total. The highest BCUT2D eigenvalue weighted by molar-refractivity contribution is 5.52. The molecular weight excluding hydrogens is 229 g/mol. The summed E-state index contributed by atoms with van der Waals surface area (Å²) in [4.78, 5) is 4.40. The third-order valence-electron chi connectivity index (χ3n) is 3.57. The molecular formula is C14H18FN3. The first-order valence-electron chi connectivity index (χ1n) is 6.22. The van der Waals surface area contributed by atoms with Crippen LogP contribution in [-0.2, 0) is 0 Å². The first-order chi connectivity index (χ1) is 8.60. The van der Waals surface area contributed by atoms with Crippen LogP contribution in [0.15, 0.2) is 18.2 Å². The van der Waals surface area contributed by atoms with E-state index in [4.69, 9.17) is 5.26 Å². The van der Waals surface area contributed by atoms with Crippen molar-refractivity contribution < 1.29 is 4.39 Å². The molecule has 0 aromatic heterocycles. The maximum atomic E-state index is 13.4. The molecule has 3 nitrogen and oxygen atoms in total. The molecule has 0 saturated carbocycles. The molecule has 1 aliphatic heterocycles. The van der Waals surface area contributed by atoms with Gasteiger partial charge in [0, 0.05) is 24.8 Å². The van der Waals surface area contributed by atoms with Crippen LogP contribution in [0.2, 0.25) is 0 Å². The van der Waals surface area contributed by atoms with Gasteiger partial charge in [-0.05, 0) is 45.1 Å². The van der Waals surface area contributed by atoms with E-state index in [0.717, 1.165) is 31.6 Å². The number of hydrogen-bond acceptors (Lipinski definition) is 3. The molecule has 18 heavy (non-hydrogen) atoms. The zero-order valence-electron chi connectivity index (χ0n) is 10.9. The van der Waals surface area contributed by atoms with Crippen LogP contribution in [0, 0.1) is 17.1 Å². The Morgan fingerprint density at radius 3 is 2.50 bits per heavy atom. The second-order valence-electron chi connectivity index (χ2n) is 4.99. The van der Waals surface area contributed by atoms with Crippen molar-refractivity contribution in [2.75, 3.05) is 32.1 Å². The van der Waals surface area contributed by atoms with Crippen molar-refractivity contribution in [3.8, 4) is 6.07 Å². The molecule has 1 aliphatic rings. The van der Waals surface area contributed by atoms with Crippen molar-refractivity contribution in [3.63, 3.8) is 0 Å². The van der Waals surface area contributed by atoms with Crippen LogP contribution < -0.4 is 4.90 Å². The normalized spacial score (nSPS) is 16.9. The minimum atomic E-state index is -0.334. The first-order valence-corrected chi connectivity index (χ1v) is 6.22. The van der Waals surface area contributed by atoms with E-state index in [0.29, 0.717) is 11.6 Å². The Balaban J connectivity index is 2.10. The van der Waals surface area contributed by atoms with Gasteiger partial charge in [-0.15, -0.1) is 0 Å². The van der Waals surface area contributed by atoms with Crippen molar-refractivity contribution in [1.29, 1.82) is 5.26 Å². The molecule has 1 aromatic carbocycles. The van der Waals surface area contributed by atoms with E-state index in [-0.39, 0.29) is 5.82 Å². The minimum Gasteiger partial charge on any atom is -0.371 e. The number of rotatable bonds is 2. The highest BCUT2D eigenvalue weighted by Crippen LogP contribution is 2.23. The lowest BCUT2D eigenvalue weighted by Gasteiger charge is -2.36. The number of piperidine rings is 1. The SMILES string of the molecule is CN(C)C1CCN(c2cc(F)cc(C#N)c2)CC1. The van der Waals surface area contributed by atoms with Gasteiger partial charge in [-0.2, -0.15) is 5.26 Å². The van der Waals surface area contributed by atoms with Gasteiger partial charge in [0.25, 0.3) is 0 Å². The molecule has 0 aliphatic carbocycles. The maximum Gasteiger partial charge on any atom is 0.126 e. The summed E-state index contributed by atoms with van der Waals surface area (Å²) < 4.78 is 13.4. The Hall–Kier alpha value is -1.60. The number of hydrogen-bond donors (Lipinski definition) is 0. The van der Waals surface area contributed by atoms with E-state index in [2.05, 4.69) is 23.9 Å². The monoisotopic (exact) mass is 247 g/mol. The molecule has 0 bridgehead atoms. The second kappa shape index (κ2) is 5.36. The fourth-order valence-electron chi connectivity index (χ4n) is 2.46. The summed E-state index contributed by atoms with van der Waals surface area (Å²) in [6, 6.07) is 7.15. The quantitative estimate of drug-likeness (QED) is 0.803. The summed E-state index contributed by atoms with van der Waals surface area (Å²) in [5.74, 6) is -0.334. The Morgan fingerprint density at radius 1 is 1.28 bits per heavy atom. The fraction of sp³-hybridized carbons (Fsp3) is 0.500. The van der Waals surface area contributed by atoms with Crippen LogP contribution in [-0.4, -0.2) is 38.1 Å². The van der Waals surface area contributed by atoms with Gasteiger partial charge < -0.3 is 9.80 Å². The number of nitriles is 1. The van der Waals surface area contributed by atoms with Crippen molar-refractivity contribution in [2.45, 2.75) is 18.9 Å². The van der Waals surface area contributed by atoms with E-state index in [1.165, 1.54) is 12.1 Å². The molecule has 0 amide bonds. The lowest BCUT2D eigenvalue weighted by atomic mass is 10.0. The zero-order chi connectivity index (χ0) is 13.1. The van der Waals surface area contributed by atoms with Crippen molar-refractivity contribution in [3.05, 3.63) is 29.6 Å². The van der Waals surface area contributed by atoms with Crippen molar-refractivity contribution >= 4 is 5.69 Å². The van der Waals surface area contributed by atoms with Gasteiger partial charge in [-0.1, -0.05) is 0 Å².